The van der Waals surface area contributed by atoms with E-state index in [1.54, 1.807) is 0 Å². The van der Waals surface area contributed by atoms with Gasteiger partial charge in [-0.05, 0) is 26.4 Å². The Balaban J connectivity index is 2.69. The summed E-state index contributed by atoms with van der Waals surface area (Å²) in [5.74, 6) is 4.88. The molecule has 0 atom stereocenters. The molecule has 0 saturated heterocycles. The molecule has 3 nitrogen and oxygen atoms in total. The number of hydrogen-bond acceptors (Lipinski definition) is 3. The molecule has 0 unspecified atom stereocenters. The summed E-state index contributed by atoms with van der Waals surface area (Å²) in [5.41, 5.74) is 0. The van der Waals surface area contributed by atoms with Crippen molar-refractivity contribution < 1.29 is 4.84 Å². The third-order valence-corrected chi connectivity index (χ3v) is 1.69. The molecule has 0 bridgehead atoms. The van der Waals surface area contributed by atoms with E-state index in [2.05, 4.69) is 10.2 Å². The highest BCUT2D eigenvalue weighted by atomic mass is 16.6. The van der Waals surface area contributed by atoms with E-state index in [9.17, 15) is 0 Å². The van der Waals surface area contributed by atoms with Crippen molar-refractivity contribution in [1.82, 2.24) is 5.32 Å². The van der Waals surface area contributed by atoms with Crippen molar-refractivity contribution in [3.63, 3.8) is 0 Å². The predicted molar refractivity (Wildman–Crippen MR) is 47.2 cm³/mol. The number of nitrogens with one attached hydrogen (secondary N) is 1. The minimum atomic E-state index is 0.700. The maximum Gasteiger partial charge on any atom is 0.0679 e. The lowest BCUT2D eigenvalue weighted by atomic mass is 10.1. The maximum absolute atomic E-state index is 4.88. The van der Waals surface area contributed by atoms with Gasteiger partial charge in [-0.2, -0.15) is 0 Å². The Kier molecular flexibility index (Phi) is 9.77. The molecule has 0 aromatic heterocycles. The van der Waals surface area contributed by atoms with Gasteiger partial charge >= 0.3 is 0 Å². The molecule has 0 fully saturated rings. The molecule has 68 valence electrons. The van der Waals surface area contributed by atoms with Gasteiger partial charge in [-0.25, -0.2) is 5.90 Å². The molecule has 0 rings (SSSR count). The van der Waals surface area contributed by atoms with Crippen molar-refractivity contribution in [1.29, 1.82) is 0 Å². The standard InChI is InChI=1S/C8H20N2O/c1-10-7-5-3-2-4-6-8-11-9/h10H,2-9H2,1H3. The molecule has 0 aliphatic heterocycles. The molecular formula is C8H20N2O. The second kappa shape index (κ2) is 9.88. The first-order valence-electron chi connectivity index (χ1n) is 4.38. The van der Waals surface area contributed by atoms with Crippen LogP contribution in [0.1, 0.15) is 32.1 Å². The van der Waals surface area contributed by atoms with E-state index in [0.717, 1.165) is 13.0 Å². The summed E-state index contributed by atoms with van der Waals surface area (Å²) < 4.78 is 0. The van der Waals surface area contributed by atoms with Crippen LogP contribution in [-0.4, -0.2) is 20.2 Å². The SMILES string of the molecule is CNCCCCCCCON. The summed E-state index contributed by atoms with van der Waals surface area (Å²) >= 11 is 0. The average molecular weight is 160 g/mol. The highest BCUT2D eigenvalue weighted by Gasteiger charge is 1.89. The van der Waals surface area contributed by atoms with Gasteiger partial charge in [0.2, 0.25) is 0 Å². The third kappa shape index (κ3) is 9.88. The van der Waals surface area contributed by atoms with Crippen molar-refractivity contribution >= 4 is 0 Å². The minimum absolute atomic E-state index is 0.700. The van der Waals surface area contributed by atoms with Crippen LogP contribution in [0.15, 0.2) is 0 Å². The van der Waals surface area contributed by atoms with Crippen LogP contribution in [0.3, 0.4) is 0 Å². The number of nitrogens with two attached hydrogens (primary N) is 1. The van der Waals surface area contributed by atoms with Gasteiger partial charge in [0.15, 0.2) is 0 Å². The van der Waals surface area contributed by atoms with E-state index in [0.29, 0.717) is 6.61 Å². The van der Waals surface area contributed by atoms with Crippen molar-refractivity contribution in [2.75, 3.05) is 20.2 Å². The Morgan fingerprint density at radius 2 is 1.73 bits per heavy atom. The van der Waals surface area contributed by atoms with E-state index in [1.807, 2.05) is 7.05 Å². The molecule has 0 spiro atoms. The summed E-state index contributed by atoms with van der Waals surface area (Å²) in [6.45, 7) is 1.83. The first kappa shape index (κ1) is 10.9. The lowest BCUT2D eigenvalue weighted by molar-refractivity contribution is 0.133. The summed E-state index contributed by atoms with van der Waals surface area (Å²) in [6, 6.07) is 0. The molecule has 3 heteroatoms. The van der Waals surface area contributed by atoms with Gasteiger partial charge < -0.3 is 10.2 Å². The van der Waals surface area contributed by atoms with Crippen molar-refractivity contribution in [3.05, 3.63) is 0 Å². The van der Waals surface area contributed by atoms with E-state index < -0.39 is 0 Å². The number of unbranched alkanes of at least 4 members (excludes halogenated alkanes) is 4. The van der Waals surface area contributed by atoms with Crippen LogP contribution in [0.25, 0.3) is 0 Å². The van der Waals surface area contributed by atoms with Gasteiger partial charge in [-0.15, -0.1) is 0 Å². The number of rotatable bonds is 8. The van der Waals surface area contributed by atoms with Crippen LogP contribution < -0.4 is 11.2 Å². The summed E-state index contributed by atoms with van der Waals surface area (Å²) in [7, 11) is 1.99. The molecule has 0 aromatic rings. The van der Waals surface area contributed by atoms with Crippen molar-refractivity contribution in [2.24, 2.45) is 5.90 Å². The second-order valence-electron chi connectivity index (χ2n) is 2.74. The Hall–Kier alpha value is -0.120. The Labute approximate surface area is 69.3 Å². The Morgan fingerprint density at radius 3 is 2.36 bits per heavy atom. The minimum Gasteiger partial charge on any atom is -0.320 e. The fourth-order valence-electron chi connectivity index (χ4n) is 1.02. The van der Waals surface area contributed by atoms with Crippen LogP contribution >= 0.6 is 0 Å². The monoisotopic (exact) mass is 160 g/mol. The second-order valence-corrected chi connectivity index (χ2v) is 2.74. The van der Waals surface area contributed by atoms with Crippen LogP contribution in [-0.2, 0) is 4.84 Å². The summed E-state index contributed by atoms with van der Waals surface area (Å²) in [6.07, 6.45) is 6.22. The normalized spacial score (nSPS) is 10.4. The van der Waals surface area contributed by atoms with Gasteiger partial charge in [-0.3, -0.25) is 0 Å². The summed E-state index contributed by atoms with van der Waals surface area (Å²) in [5, 5.41) is 3.13. The molecule has 0 heterocycles. The topological polar surface area (TPSA) is 47.3 Å². The maximum atomic E-state index is 4.88. The first-order valence-corrected chi connectivity index (χ1v) is 4.38. The van der Waals surface area contributed by atoms with Crippen LogP contribution in [0, 0.1) is 0 Å². The predicted octanol–water partition coefficient (Wildman–Crippen LogP) is 1.05. The van der Waals surface area contributed by atoms with Crippen molar-refractivity contribution in [3.8, 4) is 0 Å². The molecule has 0 saturated carbocycles. The van der Waals surface area contributed by atoms with Gasteiger partial charge in [0.1, 0.15) is 0 Å². The molecule has 0 aromatic carbocycles. The Morgan fingerprint density at radius 1 is 1.09 bits per heavy atom. The average Bonchev–Trinajstić information content (AvgIpc) is 2.03. The lowest BCUT2D eigenvalue weighted by Gasteiger charge is -1.99. The van der Waals surface area contributed by atoms with Gasteiger partial charge in [-0.1, -0.05) is 19.3 Å². The van der Waals surface area contributed by atoms with Crippen LogP contribution in [0.5, 0.6) is 0 Å². The zero-order valence-electron chi connectivity index (χ0n) is 7.44. The zero-order chi connectivity index (χ0) is 8.36. The Bertz CT molecular complexity index is 61.1. The molecule has 0 amide bonds. The largest absolute Gasteiger partial charge is 0.320 e. The first-order chi connectivity index (χ1) is 5.41. The smallest absolute Gasteiger partial charge is 0.0679 e. The lowest BCUT2D eigenvalue weighted by Crippen LogP contribution is -2.07. The quantitative estimate of drug-likeness (QED) is 0.412. The molecule has 3 N–H and O–H groups in total. The highest BCUT2D eigenvalue weighted by Crippen LogP contribution is 2.01. The van der Waals surface area contributed by atoms with E-state index in [1.165, 1.54) is 25.7 Å². The molecule has 0 aliphatic carbocycles. The van der Waals surface area contributed by atoms with Gasteiger partial charge in [0, 0.05) is 0 Å². The van der Waals surface area contributed by atoms with E-state index >= 15 is 0 Å². The number of hydrogen-bond donors (Lipinski definition) is 2. The van der Waals surface area contributed by atoms with Crippen molar-refractivity contribution in [2.45, 2.75) is 32.1 Å². The van der Waals surface area contributed by atoms with E-state index in [-0.39, 0.29) is 0 Å². The zero-order valence-corrected chi connectivity index (χ0v) is 7.44. The molecule has 0 aliphatic rings. The fourth-order valence-corrected chi connectivity index (χ4v) is 1.02. The molecule has 0 radical (unpaired) electrons. The van der Waals surface area contributed by atoms with Crippen LogP contribution in [0.4, 0.5) is 0 Å². The third-order valence-electron chi connectivity index (χ3n) is 1.69. The van der Waals surface area contributed by atoms with Crippen LogP contribution in [0.2, 0.25) is 0 Å². The molecule has 11 heavy (non-hydrogen) atoms. The van der Waals surface area contributed by atoms with Gasteiger partial charge in [0.25, 0.3) is 0 Å². The highest BCUT2D eigenvalue weighted by molar-refractivity contribution is 4.45. The van der Waals surface area contributed by atoms with Gasteiger partial charge in [0.05, 0.1) is 6.61 Å². The van der Waals surface area contributed by atoms with E-state index in [4.69, 9.17) is 5.90 Å². The molecular weight excluding hydrogens is 140 g/mol. The fraction of sp³-hybridized carbons (Fsp3) is 1.00. The summed E-state index contributed by atoms with van der Waals surface area (Å²) in [4.78, 5) is 4.46.